The molecular weight excluding hydrogens is 268 g/mol. The second-order valence-corrected chi connectivity index (χ2v) is 5.38. The van der Waals surface area contributed by atoms with Crippen LogP contribution in [-0.4, -0.2) is 40.6 Å². The number of amides is 2. The summed E-state index contributed by atoms with van der Waals surface area (Å²) in [6.07, 6.45) is 1.21. The van der Waals surface area contributed by atoms with Gasteiger partial charge in [0.25, 0.3) is 0 Å². The van der Waals surface area contributed by atoms with Gasteiger partial charge in [-0.05, 0) is 31.9 Å². The van der Waals surface area contributed by atoms with Crippen LogP contribution in [-0.2, 0) is 11.2 Å². The fraction of sp³-hybridized carbons (Fsp3) is 0.500. The maximum atomic E-state index is 12.8. The number of hydrogen-bond donors (Lipinski definition) is 1. The van der Waals surface area contributed by atoms with Gasteiger partial charge in [0.1, 0.15) is 6.04 Å². The van der Waals surface area contributed by atoms with Crippen molar-refractivity contribution in [1.29, 1.82) is 0 Å². The minimum Gasteiger partial charge on any atom is -0.480 e. The van der Waals surface area contributed by atoms with Crippen LogP contribution < -0.4 is 4.90 Å². The van der Waals surface area contributed by atoms with Crippen molar-refractivity contribution in [3.63, 3.8) is 0 Å². The van der Waals surface area contributed by atoms with Crippen molar-refractivity contribution in [2.75, 3.05) is 11.4 Å². The lowest BCUT2D eigenvalue weighted by molar-refractivity contribution is -0.138. The predicted molar refractivity (Wildman–Crippen MR) is 81.6 cm³/mol. The molecule has 2 unspecified atom stereocenters. The SMILES string of the molecule is CCC(C)N(CC)C(=O)N1c2ccccc2CC1C(=O)O. The number of aliphatic carboxylic acids is 1. The summed E-state index contributed by atoms with van der Waals surface area (Å²) in [5.41, 5.74) is 1.63. The maximum Gasteiger partial charge on any atom is 0.327 e. The van der Waals surface area contributed by atoms with Gasteiger partial charge in [0.2, 0.25) is 0 Å². The Balaban J connectivity index is 2.38. The number of para-hydroxylation sites is 1. The number of rotatable bonds is 4. The molecular formula is C16H22N2O3. The van der Waals surface area contributed by atoms with E-state index >= 15 is 0 Å². The molecule has 114 valence electrons. The quantitative estimate of drug-likeness (QED) is 0.927. The lowest BCUT2D eigenvalue weighted by Gasteiger charge is -2.33. The molecule has 2 atom stereocenters. The highest BCUT2D eigenvalue weighted by Gasteiger charge is 2.40. The van der Waals surface area contributed by atoms with Crippen LogP contribution in [0.5, 0.6) is 0 Å². The number of carboxylic acid groups (broad SMARTS) is 1. The molecule has 21 heavy (non-hydrogen) atoms. The zero-order chi connectivity index (χ0) is 15.6. The Morgan fingerprint density at radius 1 is 1.38 bits per heavy atom. The van der Waals surface area contributed by atoms with Crippen molar-refractivity contribution in [1.82, 2.24) is 4.90 Å². The zero-order valence-corrected chi connectivity index (χ0v) is 12.7. The first-order valence-corrected chi connectivity index (χ1v) is 7.41. The summed E-state index contributed by atoms with van der Waals surface area (Å²) in [4.78, 5) is 27.5. The van der Waals surface area contributed by atoms with Crippen LogP contribution >= 0.6 is 0 Å². The van der Waals surface area contributed by atoms with Crippen molar-refractivity contribution < 1.29 is 14.7 Å². The molecule has 2 rings (SSSR count). The Hall–Kier alpha value is -2.04. The molecule has 0 fully saturated rings. The summed E-state index contributed by atoms with van der Waals surface area (Å²) in [7, 11) is 0. The number of fused-ring (bicyclic) bond motifs is 1. The molecule has 5 nitrogen and oxygen atoms in total. The van der Waals surface area contributed by atoms with Gasteiger partial charge < -0.3 is 10.0 Å². The number of carboxylic acids is 1. The molecule has 0 spiro atoms. The Labute approximate surface area is 125 Å². The summed E-state index contributed by atoms with van der Waals surface area (Å²) in [5.74, 6) is -0.959. The van der Waals surface area contributed by atoms with Gasteiger partial charge >= 0.3 is 12.0 Å². The van der Waals surface area contributed by atoms with Gasteiger partial charge in [-0.1, -0.05) is 25.1 Å². The van der Waals surface area contributed by atoms with Gasteiger partial charge in [-0.15, -0.1) is 0 Å². The van der Waals surface area contributed by atoms with Crippen LogP contribution in [0.3, 0.4) is 0 Å². The molecule has 1 aromatic rings. The largest absolute Gasteiger partial charge is 0.480 e. The lowest BCUT2D eigenvalue weighted by Crippen LogP contribution is -2.52. The highest BCUT2D eigenvalue weighted by Crippen LogP contribution is 2.33. The van der Waals surface area contributed by atoms with Gasteiger partial charge in [-0.25, -0.2) is 9.59 Å². The molecule has 1 aromatic carbocycles. The molecule has 2 amide bonds. The van der Waals surface area contributed by atoms with Crippen molar-refractivity contribution in [2.24, 2.45) is 0 Å². The van der Waals surface area contributed by atoms with Crippen LogP contribution in [0.1, 0.15) is 32.8 Å². The van der Waals surface area contributed by atoms with E-state index in [1.54, 1.807) is 4.90 Å². The maximum absolute atomic E-state index is 12.8. The van der Waals surface area contributed by atoms with E-state index in [4.69, 9.17) is 0 Å². The first-order chi connectivity index (χ1) is 10.0. The van der Waals surface area contributed by atoms with Crippen LogP contribution in [0.4, 0.5) is 10.5 Å². The van der Waals surface area contributed by atoms with Gasteiger partial charge in [-0.2, -0.15) is 0 Å². The lowest BCUT2D eigenvalue weighted by atomic mass is 10.1. The van der Waals surface area contributed by atoms with Gasteiger partial charge in [0, 0.05) is 24.7 Å². The number of nitrogens with zero attached hydrogens (tertiary/aromatic N) is 2. The number of carbonyl (C=O) groups excluding carboxylic acids is 1. The zero-order valence-electron chi connectivity index (χ0n) is 12.7. The van der Waals surface area contributed by atoms with E-state index in [2.05, 4.69) is 0 Å². The molecule has 1 aliphatic rings. The van der Waals surface area contributed by atoms with E-state index in [1.165, 1.54) is 4.90 Å². The third-order valence-electron chi connectivity index (χ3n) is 4.18. The number of urea groups is 1. The second-order valence-electron chi connectivity index (χ2n) is 5.38. The molecule has 1 heterocycles. The van der Waals surface area contributed by atoms with E-state index in [0.29, 0.717) is 13.0 Å². The molecule has 0 saturated carbocycles. The molecule has 0 saturated heterocycles. The molecule has 0 bridgehead atoms. The number of hydrogen-bond acceptors (Lipinski definition) is 2. The Bertz CT molecular complexity index is 544. The van der Waals surface area contributed by atoms with E-state index in [1.807, 2.05) is 45.0 Å². The van der Waals surface area contributed by atoms with Crippen LogP contribution in [0.25, 0.3) is 0 Å². The van der Waals surface area contributed by atoms with E-state index in [-0.39, 0.29) is 12.1 Å². The summed E-state index contributed by atoms with van der Waals surface area (Å²) in [6, 6.07) is 6.47. The van der Waals surface area contributed by atoms with E-state index in [0.717, 1.165) is 17.7 Å². The van der Waals surface area contributed by atoms with E-state index < -0.39 is 12.0 Å². The normalized spacial score (nSPS) is 18.2. The molecule has 1 aliphatic heterocycles. The second kappa shape index (κ2) is 6.16. The van der Waals surface area contributed by atoms with Crippen LogP contribution in [0, 0.1) is 0 Å². The number of carbonyl (C=O) groups is 2. The predicted octanol–water partition coefficient (Wildman–Crippen LogP) is 2.74. The highest BCUT2D eigenvalue weighted by molar-refractivity contribution is 6.01. The molecule has 0 aliphatic carbocycles. The average molecular weight is 290 g/mol. The first-order valence-electron chi connectivity index (χ1n) is 7.41. The van der Waals surface area contributed by atoms with Crippen molar-refractivity contribution in [2.45, 2.75) is 45.7 Å². The molecule has 0 aromatic heterocycles. The Morgan fingerprint density at radius 2 is 2.05 bits per heavy atom. The molecule has 5 heteroatoms. The third-order valence-corrected chi connectivity index (χ3v) is 4.18. The summed E-state index contributed by atoms with van der Waals surface area (Å²) in [5, 5.41) is 9.44. The molecule has 1 N–H and O–H groups in total. The van der Waals surface area contributed by atoms with Crippen LogP contribution in [0.2, 0.25) is 0 Å². The van der Waals surface area contributed by atoms with Crippen molar-refractivity contribution in [3.05, 3.63) is 29.8 Å². The number of benzene rings is 1. The fourth-order valence-electron chi connectivity index (χ4n) is 2.81. The van der Waals surface area contributed by atoms with Crippen molar-refractivity contribution in [3.8, 4) is 0 Å². The highest BCUT2D eigenvalue weighted by atomic mass is 16.4. The van der Waals surface area contributed by atoms with Gasteiger partial charge in [-0.3, -0.25) is 4.90 Å². The van der Waals surface area contributed by atoms with E-state index in [9.17, 15) is 14.7 Å². The minimum atomic E-state index is -0.959. The Morgan fingerprint density at radius 3 is 2.62 bits per heavy atom. The average Bonchev–Trinajstić information content (AvgIpc) is 2.87. The minimum absolute atomic E-state index is 0.0877. The topological polar surface area (TPSA) is 60.9 Å². The summed E-state index contributed by atoms with van der Waals surface area (Å²) < 4.78 is 0. The molecule has 0 radical (unpaired) electrons. The van der Waals surface area contributed by atoms with Gasteiger partial charge in [0.05, 0.1) is 0 Å². The monoisotopic (exact) mass is 290 g/mol. The summed E-state index contributed by atoms with van der Waals surface area (Å²) in [6.45, 7) is 6.49. The summed E-state index contributed by atoms with van der Waals surface area (Å²) >= 11 is 0. The van der Waals surface area contributed by atoms with Crippen LogP contribution in [0.15, 0.2) is 24.3 Å². The van der Waals surface area contributed by atoms with Crippen molar-refractivity contribution >= 4 is 17.7 Å². The smallest absolute Gasteiger partial charge is 0.327 e. The standard InChI is InChI=1S/C16H22N2O3/c1-4-11(3)17(5-2)16(21)18-13-9-7-6-8-12(13)10-14(18)15(19)20/h6-9,11,14H,4-5,10H2,1-3H3,(H,19,20). The Kier molecular flexibility index (Phi) is 4.50. The fourth-order valence-corrected chi connectivity index (χ4v) is 2.81. The number of anilines is 1. The first kappa shape index (κ1) is 15.4. The third kappa shape index (κ3) is 2.73. The van der Waals surface area contributed by atoms with Gasteiger partial charge in [0.15, 0.2) is 0 Å².